The lowest BCUT2D eigenvalue weighted by atomic mass is 10.0. The summed E-state index contributed by atoms with van der Waals surface area (Å²) in [6.07, 6.45) is 4.87. The Balaban J connectivity index is 1.60. The number of ether oxygens (including phenoxy) is 1. The van der Waals surface area contributed by atoms with Gasteiger partial charge in [0.2, 0.25) is 5.91 Å². The summed E-state index contributed by atoms with van der Waals surface area (Å²) in [6.45, 7) is 2.63. The molecule has 0 aliphatic carbocycles. The van der Waals surface area contributed by atoms with Crippen molar-refractivity contribution in [2.45, 2.75) is 45.1 Å². The Morgan fingerprint density at radius 1 is 1.27 bits per heavy atom. The lowest BCUT2D eigenvalue weighted by molar-refractivity contribution is -0.154. The van der Waals surface area contributed by atoms with Crippen LogP contribution in [-0.4, -0.2) is 41.5 Å². The second-order valence-electron chi connectivity index (χ2n) is 6.61. The minimum absolute atomic E-state index is 0.0600. The van der Waals surface area contributed by atoms with Crippen LogP contribution < -0.4 is 0 Å². The average Bonchev–Trinajstić information content (AvgIpc) is 3.15. The summed E-state index contributed by atoms with van der Waals surface area (Å²) in [7, 11) is 1.36. The van der Waals surface area contributed by atoms with Crippen molar-refractivity contribution in [3.8, 4) is 11.3 Å². The zero-order valence-corrected chi connectivity index (χ0v) is 15.2. The van der Waals surface area contributed by atoms with Crippen LogP contribution in [0.15, 0.2) is 34.9 Å². The van der Waals surface area contributed by atoms with Gasteiger partial charge < -0.3 is 14.1 Å². The van der Waals surface area contributed by atoms with Crippen LogP contribution in [0.25, 0.3) is 11.3 Å². The summed E-state index contributed by atoms with van der Waals surface area (Å²) >= 11 is 0. The third-order valence-corrected chi connectivity index (χ3v) is 4.74. The van der Waals surface area contributed by atoms with Crippen LogP contribution in [0.2, 0.25) is 0 Å². The number of methoxy groups -OCH3 is 1. The van der Waals surface area contributed by atoms with Crippen molar-refractivity contribution in [2.24, 2.45) is 0 Å². The number of oxazole rings is 1. The number of aromatic nitrogens is 1. The highest BCUT2D eigenvalue weighted by Gasteiger charge is 2.32. The van der Waals surface area contributed by atoms with Gasteiger partial charge in [-0.2, -0.15) is 0 Å². The van der Waals surface area contributed by atoms with Crippen molar-refractivity contribution < 1.29 is 18.7 Å². The Kier molecular flexibility index (Phi) is 5.71. The first kappa shape index (κ1) is 18.2. The van der Waals surface area contributed by atoms with Crippen LogP contribution in [0.5, 0.6) is 0 Å². The fraction of sp³-hybridized carbons (Fsp3) is 0.450. The molecule has 138 valence electrons. The topological polar surface area (TPSA) is 72.6 Å². The number of likely N-dealkylation sites (tertiary alicyclic amines) is 1. The summed E-state index contributed by atoms with van der Waals surface area (Å²) < 4.78 is 10.6. The van der Waals surface area contributed by atoms with E-state index in [4.69, 9.17) is 9.15 Å². The molecule has 2 aromatic rings. The predicted molar refractivity (Wildman–Crippen MR) is 96.4 cm³/mol. The summed E-state index contributed by atoms with van der Waals surface area (Å²) in [6, 6.07) is 7.54. The van der Waals surface area contributed by atoms with Gasteiger partial charge in [0.25, 0.3) is 0 Å². The Bertz CT molecular complexity index is 766. The number of esters is 1. The third-order valence-electron chi connectivity index (χ3n) is 4.74. The zero-order valence-electron chi connectivity index (χ0n) is 15.2. The molecule has 6 heteroatoms. The third kappa shape index (κ3) is 4.12. The molecule has 0 radical (unpaired) electrons. The first-order valence-electron chi connectivity index (χ1n) is 8.97. The molecule has 1 amide bonds. The molecule has 1 unspecified atom stereocenters. The molecule has 26 heavy (non-hydrogen) atoms. The molecule has 1 aliphatic heterocycles. The Morgan fingerprint density at radius 2 is 2.04 bits per heavy atom. The van der Waals surface area contributed by atoms with Gasteiger partial charge in [0.15, 0.2) is 11.7 Å². The zero-order chi connectivity index (χ0) is 18.5. The van der Waals surface area contributed by atoms with Crippen LogP contribution in [0.1, 0.15) is 37.1 Å². The fourth-order valence-electron chi connectivity index (χ4n) is 3.25. The molecule has 0 bridgehead atoms. The molecule has 1 atom stereocenters. The summed E-state index contributed by atoms with van der Waals surface area (Å²) in [5.41, 5.74) is 2.14. The summed E-state index contributed by atoms with van der Waals surface area (Å²) in [5, 5.41) is 0. The number of carbonyl (C=O) groups excluding carboxylic acids is 2. The van der Waals surface area contributed by atoms with E-state index in [1.807, 2.05) is 31.2 Å². The summed E-state index contributed by atoms with van der Waals surface area (Å²) in [5.74, 6) is 0.824. The SMILES string of the molecule is COC(=O)C1CCCCN1C(=O)CCc1ncc(-c2ccc(C)cc2)o1. The van der Waals surface area contributed by atoms with Gasteiger partial charge in [-0.1, -0.05) is 29.8 Å². The molecule has 0 spiro atoms. The van der Waals surface area contributed by atoms with Gasteiger partial charge in [0.05, 0.1) is 13.3 Å². The van der Waals surface area contributed by atoms with Crippen molar-refractivity contribution in [1.29, 1.82) is 0 Å². The Morgan fingerprint density at radius 3 is 2.77 bits per heavy atom. The maximum absolute atomic E-state index is 12.6. The van der Waals surface area contributed by atoms with E-state index in [1.165, 1.54) is 12.7 Å². The maximum atomic E-state index is 12.6. The van der Waals surface area contributed by atoms with Crippen molar-refractivity contribution in [2.75, 3.05) is 13.7 Å². The van der Waals surface area contributed by atoms with E-state index in [1.54, 1.807) is 11.1 Å². The number of aryl methyl sites for hydroxylation is 2. The molecular formula is C20H24N2O4. The van der Waals surface area contributed by atoms with E-state index in [0.29, 0.717) is 31.0 Å². The number of rotatable bonds is 5. The molecule has 0 N–H and O–H groups in total. The smallest absolute Gasteiger partial charge is 0.328 e. The largest absolute Gasteiger partial charge is 0.467 e. The molecule has 1 fully saturated rings. The minimum atomic E-state index is -0.464. The lowest BCUT2D eigenvalue weighted by Gasteiger charge is -2.33. The van der Waals surface area contributed by atoms with Gasteiger partial charge in [-0.15, -0.1) is 0 Å². The number of nitrogens with zero attached hydrogens (tertiary/aromatic N) is 2. The van der Waals surface area contributed by atoms with Crippen LogP contribution in [0.3, 0.4) is 0 Å². The highest BCUT2D eigenvalue weighted by molar-refractivity contribution is 5.84. The second-order valence-corrected chi connectivity index (χ2v) is 6.61. The fourth-order valence-corrected chi connectivity index (χ4v) is 3.25. The molecule has 3 rings (SSSR count). The van der Waals surface area contributed by atoms with Gasteiger partial charge in [-0.3, -0.25) is 4.79 Å². The number of piperidine rings is 1. The molecule has 1 aromatic carbocycles. The van der Waals surface area contributed by atoms with E-state index in [2.05, 4.69) is 4.98 Å². The van der Waals surface area contributed by atoms with Crippen molar-refractivity contribution in [3.05, 3.63) is 41.9 Å². The number of benzene rings is 1. The van der Waals surface area contributed by atoms with E-state index < -0.39 is 6.04 Å². The highest BCUT2D eigenvalue weighted by Crippen LogP contribution is 2.23. The first-order valence-corrected chi connectivity index (χ1v) is 8.97. The molecule has 1 aromatic heterocycles. The molecule has 6 nitrogen and oxygen atoms in total. The minimum Gasteiger partial charge on any atom is -0.467 e. The quantitative estimate of drug-likeness (QED) is 0.770. The standard InChI is InChI=1S/C20H24N2O4/c1-14-6-8-15(9-7-14)17-13-21-18(26-17)10-11-19(23)22-12-4-3-5-16(22)20(24)25-2/h6-9,13,16H,3-5,10-12H2,1-2H3. The lowest BCUT2D eigenvalue weighted by Crippen LogP contribution is -2.48. The van der Waals surface area contributed by atoms with E-state index in [-0.39, 0.29) is 18.3 Å². The van der Waals surface area contributed by atoms with Crippen LogP contribution in [0, 0.1) is 6.92 Å². The van der Waals surface area contributed by atoms with Crippen molar-refractivity contribution in [3.63, 3.8) is 0 Å². The van der Waals surface area contributed by atoms with Gasteiger partial charge in [-0.25, -0.2) is 9.78 Å². The Labute approximate surface area is 153 Å². The molecule has 2 heterocycles. The van der Waals surface area contributed by atoms with Crippen LogP contribution in [-0.2, 0) is 20.7 Å². The van der Waals surface area contributed by atoms with E-state index >= 15 is 0 Å². The van der Waals surface area contributed by atoms with Gasteiger partial charge in [0, 0.05) is 24.9 Å². The van der Waals surface area contributed by atoms with E-state index in [0.717, 1.165) is 18.4 Å². The van der Waals surface area contributed by atoms with Gasteiger partial charge in [-0.05, 0) is 26.2 Å². The normalized spacial score (nSPS) is 17.2. The molecule has 1 aliphatic rings. The van der Waals surface area contributed by atoms with Gasteiger partial charge >= 0.3 is 5.97 Å². The number of amides is 1. The summed E-state index contributed by atoms with van der Waals surface area (Å²) in [4.78, 5) is 30.4. The van der Waals surface area contributed by atoms with Gasteiger partial charge in [0.1, 0.15) is 6.04 Å². The predicted octanol–water partition coefficient (Wildman–Crippen LogP) is 3.14. The van der Waals surface area contributed by atoms with Crippen molar-refractivity contribution >= 4 is 11.9 Å². The number of carbonyl (C=O) groups is 2. The first-order chi connectivity index (χ1) is 12.6. The van der Waals surface area contributed by atoms with Crippen LogP contribution >= 0.6 is 0 Å². The molecule has 0 saturated carbocycles. The monoisotopic (exact) mass is 356 g/mol. The number of hydrogen-bond acceptors (Lipinski definition) is 5. The highest BCUT2D eigenvalue weighted by atomic mass is 16.5. The number of hydrogen-bond donors (Lipinski definition) is 0. The van der Waals surface area contributed by atoms with E-state index in [9.17, 15) is 9.59 Å². The Hall–Kier alpha value is -2.63. The average molecular weight is 356 g/mol. The molecular weight excluding hydrogens is 332 g/mol. The maximum Gasteiger partial charge on any atom is 0.328 e. The molecule has 1 saturated heterocycles. The second kappa shape index (κ2) is 8.17. The van der Waals surface area contributed by atoms with Crippen LogP contribution in [0.4, 0.5) is 0 Å². The van der Waals surface area contributed by atoms with Crippen molar-refractivity contribution in [1.82, 2.24) is 9.88 Å².